The van der Waals surface area contributed by atoms with Gasteiger partial charge in [-0.05, 0) is 157 Å². The van der Waals surface area contributed by atoms with E-state index < -0.39 is 93.2 Å². The van der Waals surface area contributed by atoms with Gasteiger partial charge in [0.1, 0.15) is 31.4 Å². The van der Waals surface area contributed by atoms with Crippen LogP contribution < -0.4 is 47.9 Å². The second kappa shape index (κ2) is 72.0. The first-order chi connectivity index (χ1) is 66.5. The molecule has 0 spiro atoms. The van der Waals surface area contributed by atoms with Crippen LogP contribution in [-0.4, -0.2) is 304 Å². The van der Waals surface area contributed by atoms with Crippen LogP contribution >= 0.6 is 0 Å². The molecule has 3 fully saturated rings. The van der Waals surface area contributed by atoms with Crippen LogP contribution in [0.25, 0.3) is 0 Å². The SMILES string of the molecule is CCCCOCCCCOC(C)OCC(CCC(=O)CCCCC(=O)CC(COCCC(=O)NCCCNC(=O)CCCCOC1OC(COC(C)=O)C(C)C(C)C1NC(C)=O)(COCCC(=O)NCCCNC(=O)CCCCOC1OC(COC(C)=O)C(C)C(C)C1NC(C)=O)COCCC(=O)NCCCNC(=O)CCCCOC1OC(COC(C)=O)C(C)C(C)C1NC(C)=O)O[Si](C)(C)C(C)(C)C. The highest BCUT2D eigenvalue weighted by Crippen LogP contribution is 2.39. The van der Waals surface area contributed by atoms with E-state index in [-0.39, 0.29) is 301 Å². The average molecular weight is 2020 g/mol. The number of carbonyl (C=O) groups is 14. The smallest absolute Gasteiger partial charge is 0.302 e. The van der Waals surface area contributed by atoms with Gasteiger partial charge in [0.05, 0.1) is 88.8 Å². The van der Waals surface area contributed by atoms with Gasteiger partial charge in [-0.2, -0.15) is 0 Å². The molecule has 17 atom stereocenters. The maximum atomic E-state index is 14.5. The van der Waals surface area contributed by atoms with E-state index in [0.717, 1.165) is 32.3 Å². The predicted octanol–water partition coefficient (Wildman–Crippen LogP) is 9.05. The molecule has 9 amide bonds. The summed E-state index contributed by atoms with van der Waals surface area (Å²) < 4.78 is 96.1. The molecule has 40 heteroatoms. The molecular weight excluding hydrogens is 1840 g/mol. The third-order valence-corrected chi connectivity index (χ3v) is 30.6. The van der Waals surface area contributed by atoms with Crippen molar-refractivity contribution in [2.75, 3.05) is 145 Å². The number of hydrogen-bond donors (Lipinski definition) is 9. The van der Waals surface area contributed by atoms with Gasteiger partial charge in [-0.3, -0.25) is 67.1 Å². The molecule has 39 nitrogen and oxygen atoms in total. The Labute approximate surface area is 833 Å². The van der Waals surface area contributed by atoms with Gasteiger partial charge in [-0.1, -0.05) is 75.7 Å². The maximum absolute atomic E-state index is 14.5. The summed E-state index contributed by atoms with van der Waals surface area (Å²) in [6.07, 6.45) is 5.58. The number of hydrogen-bond acceptors (Lipinski definition) is 30. The number of ketones is 2. The highest BCUT2D eigenvalue weighted by atomic mass is 28.4. The molecule has 3 saturated heterocycles. The number of Topliss-reactive ketones (excluding diaryl/α,β-unsaturated/α-hetero) is 2. The Morgan fingerprint density at radius 2 is 0.664 bits per heavy atom. The van der Waals surface area contributed by atoms with E-state index in [9.17, 15) is 67.1 Å². The third kappa shape index (κ3) is 56.2. The first-order valence-electron chi connectivity index (χ1n) is 51.3. The summed E-state index contributed by atoms with van der Waals surface area (Å²) in [7, 11) is -2.30. The fourth-order valence-electron chi connectivity index (χ4n) is 15.9. The van der Waals surface area contributed by atoms with Crippen molar-refractivity contribution in [2.24, 2.45) is 40.9 Å². The number of carbonyl (C=O) groups excluding carboxylic acids is 14. The summed E-state index contributed by atoms with van der Waals surface area (Å²) in [4.78, 5) is 178. The lowest BCUT2D eigenvalue weighted by molar-refractivity contribution is -0.244. The second-order valence-corrected chi connectivity index (χ2v) is 44.1. The Morgan fingerprint density at radius 3 is 0.993 bits per heavy atom. The number of esters is 3. The zero-order valence-corrected chi connectivity index (χ0v) is 89.0. The average Bonchev–Trinajstić information content (AvgIpc) is 0.810. The van der Waals surface area contributed by atoms with Gasteiger partial charge in [0.2, 0.25) is 53.2 Å². The molecule has 140 heavy (non-hydrogen) atoms. The van der Waals surface area contributed by atoms with Gasteiger partial charge in [0, 0.05) is 190 Å². The summed E-state index contributed by atoms with van der Waals surface area (Å²) in [6.45, 7) is 38.7. The highest BCUT2D eigenvalue weighted by molar-refractivity contribution is 6.74. The first-order valence-corrected chi connectivity index (χ1v) is 54.3. The minimum absolute atomic E-state index is 0.0175. The van der Waals surface area contributed by atoms with Crippen LogP contribution in [0.2, 0.25) is 18.1 Å². The lowest BCUT2D eigenvalue weighted by Gasteiger charge is -2.44. The zero-order chi connectivity index (χ0) is 104. The Morgan fingerprint density at radius 1 is 0.350 bits per heavy atom. The predicted molar refractivity (Wildman–Crippen MR) is 524 cm³/mol. The van der Waals surface area contributed by atoms with Crippen LogP contribution in [0.1, 0.15) is 285 Å². The van der Waals surface area contributed by atoms with Crippen molar-refractivity contribution in [1.82, 2.24) is 47.9 Å². The lowest BCUT2D eigenvalue weighted by atomic mass is 9.82. The molecule has 808 valence electrons. The van der Waals surface area contributed by atoms with Crippen molar-refractivity contribution in [1.29, 1.82) is 0 Å². The normalized spacial score (nSPS) is 22.3. The summed E-state index contributed by atoms with van der Waals surface area (Å²) >= 11 is 0. The molecule has 3 rings (SSSR count). The monoisotopic (exact) mass is 2010 g/mol. The van der Waals surface area contributed by atoms with E-state index in [0.29, 0.717) is 90.3 Å². The quantitative estimate of drug-likeness (QED) is 0.00900. The second-order valence-electron chi connectivity index (χ2n) is 39.4. The maximum Gasteiger partial charge on any atom is 0.302 e. The highest BCUT2D eigenvalue weighted by Gasteiger charge is 2.47. The number of nitrogens with one attached hydrogen (secondary N) is 9. The molecule has 9 N–H and O–H groups in total. The van der Waals surface area contributed by atoms with E-state index in [4.69, 9.17) is 75.5 Å². The molecule has 0 saturated carbocycles. The fourth-order valence-corrected chi connectivity index (χ4v) is 17.3. The molecular formula is C100H179N9O30Si. The van der Waals surface area contributed by atoms with Crippen molar-refractivity contribution < 1.29 is 143 Å². The van der Waals surface area contributed by atoms with Crippen LogP contribution in [0.3, 0.4) is 0 Å². The summed E-state index contributed by atoms with van der Waals surface area (Å²) in [6, 6.07) is -1.32. The molecule has 3 aliphatic heterocycles. The van der Waals surface area contributed by atoms with E-state index in [1.165, 1.54) is 41.5 Å². The van der Waals surface area contributed by atoms with Gasteiger partial charge in [0.15, 0.2) is 33.5 Å². The zero-order valence-electron chi connectivity index (χ0n) is 88.0. The summed E-state index contributed by atoms with van der Waals surface area (Å²) in [5.41, 5.74) is -1.23. The molecule has 17 unspecified atom stereocenters. The minimum atomic E-state index is -2.30. The Kier molecular flexibility index (Phi) is 65.3. The molecule has 0 bridgehead atoms. The molecule has 0 aromatic rings. The van der Waals surface area contributed by atoms with Gasteiger partial charge < -0.3 is 123 Å². The van der Waals surface area contributed by atoms with Crippen LogP contribution in [0, 0.1) is 40.9 Å². The standard InChI is InChI=1S/C100H179N9O30Si/c1-20-21-51-124-52-30-31-53-128-80(14)135-61-83(139-140(18,19)99(15,16)17)41-40-81(116)35-22-23-36-82(117)60-100(65-125-57-42-90(121)104-48-32-45-101-87(118)37-24-27-54-129-96-93(107-74(8)110)71(5)68(2)84(136-96)62-132-77(11)113,66-126-58-43-91(122)105-49-33-46-102-88(119)38-25-28-55-130-97-94(108-75(9)111)72(6)69(3)85(137-97)63-133-78(12)114)67-127-59-44-92(123)106-50-34-47-103-89(120)39-26-29-56-131-98-95(109-76(10)112)73(7)70(4)86(138-98)64-134-79(13)115/h68-73,80,83-86,93-98H,20-67H2,1-19H3,(H,101,118)(H,102,119)(H,103,120)(H,104,121)(H,105,122)(H,106,123)(H,107,110)(H,108,111)(H,109,112). The van der Waals surface area contributed by atoms with Crippen molar-refractivity contribution in [3.63, 3.8) is 0 Å². The number of rotatable bonds is 78. The Bertz CT molecular complexity index is 3340. The van der Waals surface area contributed by atoms with Crippen LogP contribution in [0.4, 0.5) is 0 Å². The topological polar surface area (TPSA) is 495 Å². The minimum Gasteiger partial charge on any atom is -0.463 e. The first kappa shape index (κ1) is 127. The Balaban J connectivity index is 1.72. The molecule has 0 aliphatic carbocycles. The largest absolute Gasteiger partial charge is 0.463 e. The Hall–Kier alpha value is -7.32. The number of amides is 9. The number of unbranched alkanes of at least 4 members (excludes halogenated alkanes) is 6. The molecule has 0 aromatic carbocycles. The fraction of sp³-hybridized carbons (Fsp3) is 0.860. The van der Waals surface area contributed by atoms with Crippen LogP contribution in [-0.2, 0) is 143 Å². The van der Waals surface area contributed by atoms with E-state index in [2.05, 4.69) is 88.6 Å². The van der Waals surface area contributed by atoms with Crippen molar-refractivity contribution in [2.45, 2.75) is 370 Å². The van der Waals surface area contributed by atoms with Gasteiger partial charge in [-0.15, -0.1) is 0 Å². The van der Waals surface area contributed by atoms with Crippen LogP contribution in [0.15, 0.2) is 0 Å². The van der Waals surface area contributed by atoms with Crippen molar-refractivity contribution in [3.8, 4) is 0 Å². The van der Waals surface area contributed by atoms with E-state index >= 15 is 0 Å². The van der Waals surface area contributed by atoms with Crippen molar-refractivity contribution in [3.05, 3.63) is 0 Å². The van der Waals surface area contributed by atoms with Gasteiger partial charge in [-0.25, -0.2) is 0 Å². The van der Waals surface area contributed by atoms with Gasteiger partial charge >= 0.3 is 17.9 Å². The molecule has 3 aliphatic rings. The van der Waals surface area contributed by atoms with Crippen LogP contribution in [0.5, 0.6) is 0 Å². The van der Waals surface area contributed by atoms with Crippen molar-refractivity contribution >= 4 is 91.0 Å². The molecule has 3 heterocycles. The number of ether oxygens (including phenoxy) is 15. The summed E-state index contributed by atoms with van der Waals surface area (Å²) in [5, 5.41) is 26.0. The van der Waals surface area contributed by atoms with E-state index in [1.54, 1.807) is 0 Å². The molecule has 0 radical (unpaired) electrons. The van der Waals surface area contributed by atoms with Gasteiger partial charge in [0.25, 0.3) is 0 Å². The lowest BCUT2D eigenvalue weighted by Crippen LogP contribution is -2.58. The summed E-state index contributed by atoms with van der Waals surface area (Å²) in [5.74, 6) is -4.10. The van der Waals surface area contributed by atoms with E-state index in [1.807, 2.05) is 48.5 Å². The third-order valence-electron chi connectivity index (χ3n) is 26.0. The molecule has 0 aromatic heterocycles.